The zero-order chi connectivity index (χ0) is 13.8. The van der Waals surface area contributed by atoms with Crippen LogP contribution in [0.25, 0.3) is 0 Å². The third-order valence-corrected chi connectivity index (χ3v) is 1.84. The second-order valence-electron chi connectivity index (χ2n) is 3.29. The van der Waals surface area contributed by atoms with Gasteiger partial charge in [0.2, 0.25) is 0 Å². The normalized spacial score (nSPS) is 12.1. The van der Waals surface area contributed by atoms with E-state index in [-0.39, 0.29) is 18.8 Å². The van der Waals surface area contributed by atoms with Crippen LogP contribution in [0.5, 0.6) is 0 Å². The summed E-state index contributed by atoms with van der Waals surface area (Å²) in [4.78, 5) is 10.4. The quantitative estimate of drug-likeness (QED) is 0.588. The number of carboxylic acid groups (broad SMARTS) is 1. The first-order valence-electron chi connectivity index (χ1n) is 4.70. The van der Waals surface area contributed by atoms with E-state index < -0.39 is 24.9 Å². The number of halogens is 4. The molecule has 0 aliphatic carbocycles. The van der Waals surface area contributed by atoms with Crippen molar-refractivity contribution in [3.8, 4) is 0 Å². The molecule has 0 aromatic carbocycles. The minimum Gasteiger partial charge on any atom is -0.476 e. The predicted molar refractivity (Wildman–Crippen MR) is 48.8 cm³/mol. The molecule has 0 saturated heterocycles. The van der Waals surface area contributed by atoms with Crippen molar-refractivity contribution >= 4 is 5.97 Å². The number of rotatable bonds is 7. The molecule has 1 aromatic heterocycles. The molecule has 6 nitrogen and oxygen atoms in total. The standard InChI is InChI=1S/C8H9F4N3O3/c9-7(10)8(11,12)4-18-2-1-15-3-5(6(16)17)13-14-15/h3,7H,1-2,4H2,(H,16,17). The zero-order valence-electron chi connectivity index (χ0n) is 8.89. The van der Waals surface area contributed by atoms with Gasteiger partial charge in [0.15, 0.2) is 5.69 Å². The lowest BCUT2D eigenvalue weighted by molar-refractivity contribution is -0.166. The van der Waals surface area contributed by atoms with Crippen molar-refractivity contribution in [2.24, 2.45) is 0 Å². The number of ether oxygens (including phenoxy) is 1. The van der Waals surface area contributed by atoms with Crippen molar-refractivity contribution in [1.82, 2.24) is 15.0 Å². The highest BCUT2D eigenvalue weighted by Gasteiger charge is 2.40. The van der Waals surface area contributed by atoms with Gasteiger partial charge in [0, 0.05) is 0 Å². The second-order valence-corrected chi connectivity index (χ2v) is 3.29. The fraction of sp³-hybridized carbons (Fsp3) is 0.625. The smallest absolute Gasteiger partial charge is 0.358 e. The SMILES string of the molecule is O=C(O)c1cn(CCOCC(F)(F)C(F)F)nn1. The van der Waals surface area contributed by atoms with Gasteiger partial charge in [-0.2, -0.15) is 8.78 Å². The Hall–Kier alpha value is -1.71. The van der Waals surface area contributed by atoms with Gasteiger partial charge in [-0.3, -0.25) is 0 Å². The van der Waals surface area contributed by atoms with E-state index in [1.54, 1.807) is 0 Å². The number of carbonyl (C=O) groups is 1. The lowest BCUT2D eigenvalue weighted by Crippen LogP contribution is -2.32. The molecule has 0 radical (unpaired) electrons. The summed E-state index contributed by atoms with van der Waals surface area (Å²) in [6.07, 6.45) is -2.72. The third-order valence-electron chi connectivity index (χ3n) is 1.84. The fourth-order valence-corrected chi connectivity index (χ4v) is 0.935. The number of aromatic nitrogens is 3. The van der Waals surface area contributed by atoms with E-state index in [1.807, 2.05) is 0 Å². The molecule has 0 unspecified atom stereocenters. The number of hydrogen-bond donors (Lipinski definition) is 1. The first kappa shape index (κ1) is 14.4. The van der Waals surface area contributed by atoms with Gasteiger partial charge >= 0.3 is 18.3 Å². The van der Waals surface area contributed by atoms with Gasteiger partial charge in [0.05, 0.1) is 19.3 Å². The Morgan fingerprint density at radius 2 is 2.22 bits per heavy atom. The Balaban J connectivity index is 2.31. The predicted octanol–water partition coefficient (Wildman–Crippen LogP) is 0.893. The van der Waals surface area contributed by atoms with Crippen molar-refractivity contribution in [1.29, 1.82) is 0 Å². The maximum absolute atomic E-state index is 12.4. The number of carboxylic acids is 1. The summed E-state index contributed by atoms with van der Waals surface area (Å²) in [7, 11) is 0. The van der Waals surface area contributed by atoms with E-state index >= 15 is 0 Å². The topological polar surface area (TPSA) is 77.2 Å². The van der Waals surface area contributed by atoms with E-state index in [0.717, 1.165) is 10.9 Å². The monoisotopic (exact) mass is 271 g/mol. The highest BCUT2D eigenvalue weighted by atomic mass is 19.3. The van der Waals surface area contributed by atoms with Crippen molar-refractivity contribution in [2.45, 2.75) is 18.9 Å². The van der Waals surface area contributed by atoms with Crippen LogP contribution >= 0.6 is 0 Å². The van der Waals surface area contributed by atoms with E-state index in [4.69, 9.17) is 5.11 Å². The van der Waals surface area contributed by atoms with Gasteiger partial charge in [-0.15, -0.1) is 5.10 Å². The molecule has 0 spiro atoms. The van der Waals surface area contributed by atoms with Crippen LogP contribution in [0.15, 0.2) is 6.20 Å². The van der Waals surface area contributed by atoms with Crippen LogP contribution in [-0.4, -0.2) is 51.6 Å². The molecular formula is C8H9F4N3O3. The molecule has 1 N–H and O–H groups in total. The average molecular weight is 271 g/mol. The molecule has 0 saturated carbocycles. The molecule has 1 heterocycles. The molecule has 0 aliphatic rings. The van der Waals surface area contributed by atoms with Gasteiger partial charge < -0.3 is 9.84 Å². The molecule has 0 amide bonds. The van der Waals surface area contributed by atoms with Gasteiger partial charge in [-0.05, 0) is 0 Å². The molecular weight excluding hydrogens is 262 g/mol. The maximum atomic E-state index is 12.4. The van der Waals surface area contributed by atoms with Gasteiger partial charge in [0.25, 0.3) is 0 Å². The van der Waals surface area contributed by atoms with Crippen molar-refractivity contribution in [3.63, 3.8) is 0 Å². The Labute approximate surface area is 98.1 Å². The first-order chi connectivity index (χ1) is 8.33. The van der Waals surface area contributed by atoms with E-state index in [9.17, 15) is 22.4 Å². The Morgan fingerprint density at radius 1 is 1.56 bits per heavy atom. The minimum absolute atomic E-state index is 0.0698. The number of nitrogens with zero attached hydrogens (tertiary/aromatic N) is 3. The molecule has 102 valence electrons. The molecule has 0 bridgehead atoms. The Kier molecular flexibility index (Phi) is 4.59. The maximum Gasteiger partial charge on any atom is 0.358 e. The lowest BCUT2D eigenvalue weighted by Gasteiger charge is -2.14. The summed E-state index contributed by atoms with van der Waals surface area (Å²) >= 11 is 0. The molecule has 18 heavy (non-hydrogen) atoms. The van der Waals surface area contributed by atoms with Crippen LogP contribution < -0.4 is 0 Å². The molecule has 0 atom stereocenters. The number of alkyl halides is 4. The van der Waals surface area contributed by atoms with E-state index in [1.165, 1.54) is 0 Å². The molecule has 0 fully saturated rings. The number of aromatic carboxylic acids is 1. The highest BCUT2D eigenvalue weighted by molar-refractivity contribution is 5.84. The number of hydrogen-bond acceptors (Lipinski definition) is 4. The average Bonchev–Trinajstić information content (AvgIpc) is 2.73. The summed E-state index contributed by atoms with van der Waals surface area (Å²) in [5, 5.41) is 15.1. The summed E-state index contributed by atoms with van der Waals surface area (Å²) in [5.74, 6) is -5.49. The van der Waals surface area contributed by atoms with Crippen molar-refractivity contribution in [2.75, 3.05) is 13.2 Å². The van der Waals surface area contributed by atoms with Crippen LogP contribution in [-0.2, 0) is 11.3 Å². The van der Waals surface area contributed by atoms with Crippen molar-refractivity contribution < 1.29 is 32.2 Å². The molecule has 0 aliphatic heterocycles. The Bertz CT molecular complexity index is 410. The van der Waals surface area contributed by atoms with Crippen LogP contribution in [0.2, 0.25) is 0 Å². The van der Waals surface area contributed by atoms with Crippen LogP contribution in [0.1, 0.15) is 10.5 Å². The van der Waals surface area contributed by atoms with Gasteiger partial charge in [0.1, 0.15) is 6.61 Å². The fourth-order valence-electron chi connectivity index (χ4n) is 0.935. The van der Waals surface area contributed by atoms with Crippen molar-refractivity contribution in [3.05, 3.63) is 11.9 Å². The van der Waals surface area contributed by atoms with Gasteiger partial charge in [-0.1, -0.05) is 5.21 Å². The largest absolute Gasteiger partial charge is 0.476 e. The summed E-state index contributed by atoms with van der Waals surface area (Å²) in [6, 6.07) is 0. The second kappa shape index (κ2) is 5.76. The Morgan fingerprint density at radius 3 is 2.72 bits per heavy atom. The molecule has 10 heteroatoms. The first-order valence-corrected chi connectivity index (χ1v) is 4.70. The van der Waals surface area contributed by atoms with Crippen LogP contribution in [0.3, 0.4) is 0 Å². The van der Waals surface area contributed by atoms with Crippen LogP contribution in [0.4, 0.5) is 17.6 Å². The summed E-state index contributed by atoms with van der Waals surface area (Å²) in [5.41, 5.74) is -0.312. The van der Waals surface area contributed by atoms with E-state index in [2.05, 4.69) is 15.0 Å². The zero-order valence-corrected chi connectivity index (χ0v) is 8.89. The third kappa shape index (κ3) is 3.95. The molecule has 1 rings (SSSR count). The van der Waals surface area contributed by atoms with Crippen LogP contribution in [0, 0.1) is 0 Å². The lowest BCUT2D eigenvalue weighted by atomic mass is 10.4. The summed E-state index contributed by atoms with van der Waals surface area (Å²) in [6.45, 7) is -1.80. The highest BCUT2D eigenvalue weighted by Crippen LogP contribution is 2.22. The molecule has 1 aromatic rings. The van der Waals surface area contributed by atoms with Gasteiger partial charge in [-0.25, -0.2) is 18.3 Å². The van der Waals surface area contributed by atoms with E-state index in [0.29, 0.717) is 0 Å². The summed E-state index contributed by atoms with van der Waals surface area (Å²) < 4.78 is 53.7. The minimum atomic E-state index is -4.20.